The van der Waals surface area contributed by atoms with Crippen LogP contribution < -0.4 is 0 Å². The van der Waals surface area contributed by atoms with E-state index in [0.717, 1.165) is 32.3 Å². The van der Waals surface area contributed by atoms with E-state index in [1.807, 2.05) is 0 Å². The van der Waals surface area contributed by atoms with Gasteiger partial charge in [0.15, 0.2) is 0 Å². The van der Waals surface area contributed by atoms with Crippen molar-refractivity contribution in [3.05, 3.63) is 6.42 Å². The van der Waals surface area contributed by atoms with E-state index in [1.165, 1.54) is 57.8 Å². The molecule has 1 aliphatic rings. The van der Waals surface area contributed by atoms with Crippen molar-refractivity contribution in [2.75, 3.05) is 6.61 Å². The maximum atomic E-state index is 11.0. The lowest BCUT2D eigenvalue weighted by atomic mass is 9.96. The van der Waals surface area contributed by atoms with Gasteiger partial charge < -0.3 is 4.74 Å². The van der Waals surface area contributed by atoms with Gasteiger partial charge >= 0.3 is 0 Å². The first-order valence-corrected chi connectivity index (χ1v) is 10.6. The summed E-state index contributed by atoms with van der Waals surface area (Å²) in [6.45, 7) is 3.10. The number of hydrogen-bond acceptors (Lipinski definition) is 2. The molecular formula is C20H35BrO2. The van der Waals surface area contributed by atoms with Crippen molar-refractivity contribution in [2.24, 2.45) is 5.92 Å². The molecule has 0 N–H and O–H groups in total. The molecule has 2 atom stereocenters. The van der Waals surface area contributed by atoms with E-state index >= 15 is 0 Å². The Morgan fingerprint density at radius 2 is 1.74 bits per heavy atom. The van der Waals surface area contributed by atoms with Crippen molar-refractivity contribution in [2.45, 2.75) is 101 Å². The largest absolute Gasteiger partial charge is 0.378 e. The summed E-state index contributed by atoms with van der Waals surface area (Å²) in [6.07, 6.45) is 20.7. The Kier molecular flexibility index (Phi) is 13.3. The molecule has 0 aromatic carbocycles. The first kappa shape index (κ1) is 21.2. The lowest BCUT2D eigenvalue weighted by Crippen LogP contribution is -2.17. The number of alkyl halides is 1. The summed E-state index contributed by atoms with van der Waals surface area (Å²) in [7, 11) is 0. The summed E-state index contributed by atoms with van der Waals surface area (Å²) in [5, 5.41) is 0. The molecule has 0 aromatic rings. The van der Waals surface area contributed by atoms with Crippen LogP contribution in [0.4, 0.5) is 0 Å². The molecule has 0 aliphatic heterocycles. The Bertz CT molecular complexity index is 277. The normalized spacial score (nSPS) is 18.7. The summed E-state index contributed by atoms with van der Waals surface area (Å²) in [5.41, 5.74) is 0. The van der Waals surface area contributed by atoms with Crippen LogP contribution in [0.15, 0.2) is 0 Å². The average molecular weight is 387 g/mol. The van der Waals surface area contributed by atoms with E-state index in [1.54, 1.807) is 0 Å². The number of rotatable bonds is 14. The molecule has 0 heterocycles. The molecule has 1 rings (SSSR count). The second-order valence-corrected chi connectivity index (χ2v) is 8.05. The highest BCUT2D eigenvalue weighted by Crippen LogP contribution is 2.23. The molecule has 1 aliphatic carbocycles. The van der Waals surface area contributed by atoms with Gasteiger partial charge in [-0.1, -0.05) is 61.4 Å². The van der Waals surface area contributed by atoms with Crippen LogP contribution >= 0.6 is 15.9 Å². The minimum Gasteiger partial charge on any atom is -0.378 e. The van der Waals surface area contributed by atoms with Gasteiger partial charge in [0, 0.05) is 17.4 Å². The number of hydrogen-bond donors (Lipinski definition) is 0. The second kappa shape index (κ2) is 14.5. The third kappa shape index (κ3) is 10.6. The van der Waals surface area contributed by atoms with Crippen LogP contribution in [0, 0.1) is 12.3 Å². The Balaban J connectivity index is 1.87. The first-order valence-electron chi connectivity index (χ1n) is 9.73. The fourth-order valence-corrected chi connectivity index (χ4v) is 4.11. The van der Waals surface area contributed by atoms with Gasteiger partial charge in [0.2, 0.25) is 6.29 Å². The molecule has 0 aromatic heterocycles. The van der Waals surface area contributed by atoms with Crippen LogP contribution in [-0.4, -0.2) is 23.8 Å². The summed E-state index contributed by atoms with van der Waals surface area (Å²) in [4.78, 5) is 11.3. The molecule has 1 fully saturated rings. The van der Waals surface area contributed by atoms with Crippen molar-refractivity contribution in [1.29, 1.82) is 0 Å². The third-order valence-electron chi connectivity index (χ3n) is 4.80. The second-order valence-electron chi connectivity index (χ2n) is 6.88. The quantitative estimate of drug-likeness (QED) is 0.263. The topological polar surface area (TPSA) is 26.3 Å². The molecule has 0 bridgehead atoms. The molecule has 2 unspecified atom stereocenters. The van der Waals surface area contributed by atoms with Crippen LogP contribution in [-0.2, 0) is 9.53 Å². The molecule has 0 saturated heterocycles. The summed E-state index contributed by atoms with van der Waals surface area (Å²) in [6, 6.07) is 0. The molecule has 2 nitrogen and oxygen atoms in total. The number of unbranched alkanes of at least 4 members (excludes halogenated alkanes) is 5. The third-order valence-corrected chi connectivity index (χ3v) is 5.90. The molecule has 0 spiro atoms. The van der Waals surface area contributed by atoms with Crippen molar-refractivity contribution in [3.8, 4) is 0 Å². The van der Waals surface area contributed by atoms with E-state index in [4.69, 9.17) is 4.74 Å². The highest BCUT2D eigenvalue weighted by molar-refractivity contribution is 9.09. The zero-order valence-electron chi connectivity index (χ0n) is 14.9. The fourth-order valence-electron chi connectivity index (χ4n) is 3.28. The average Bonchev–Trinajstić information content (AvgIpc) is 2.58. The van der Waals surface area contributed by atoms with Crippen LogP contribution in [0.3, 0.4) is 0 Å². The van der Waals surface area contributed by atoms with Crippen molar-refractivity contribution in [3.63, 3.8) is 0 Å². The number of carbonyl (C=O) groups excluding carboxylic acids is 1. The van der Waals surface area contributed by atoms with Gasteiger partial charge in [-0.15, -0.1) is 0 Å². The first-order chi connectivity index (χ1) is 11.3. The Hall–Kier alpha value is 0.110. The minimum atomic E-state index is 0.0797. The Labute approximate surface area is 152 Å². The van der Waals surface area contributed by atoms with Crippen LogP contribution in [0.2, 0.25) is 0 Å². The highest BCUT2D eigenvalue weighted by Gasteiger charge is 2.17. The molecule has 0 amide bonds. The van der Waals surface area contributed by atoms with Crippen molar-refractivity contribution < 1.29 is 9.53 Å². The fraction of sp³-hybridized carbons (Fsp3) is 0.900. The van der Waals surface area contributed by atoms with Gasteiger partial charge in [-0.3, -0.25) is 4.79 Å². The van der Waals surface area contributed by atoms with E-state index in [9.17, 15) is 4.79 Å². The summed E-state index contributed by atoms with van der Waals surface area (Å²) >= 11 is 3.63. The van der Waals surface area contributed by atoms with Crippen molar-refractivity contribution >= 4 is 22.2 Å². The predicted molar refractivity (Wildman–Crippen MR) is 102 cm³/mol. The SMILES string of the molecule is CCCC(Br)C([C]=O)CCCCCCCCOC1CC[CH]CC1. The molecule has 134 valence electrons. The van der Waals surface area contributed by atoms with E-state index in [-0.39, 0.29) is 5.92 Å². The van der Waals surface area contributed by atoms with Crippen LogP contribution in [0.5, 0.6) is 0 Å². The van der Waals surface area contributed by atoms with E-state index < -0.39 is 0 Å². The Morgan fingerprint density at radius 1 is 1.09 bits per heavy atom. The van der Waals surface area contributed by atoms with Gasteiger partial charge in [-0.2, -0.15) is 0 Å². The van der Waals surface area contributed by atoms with Gasteiger partial charge in [0.1, 0.15) is 0 Å². The smallest absolute Gasteiger partial charge is 0.202 e. The monoisotopic (exact) mass is 386 g/mol. The van der Waals surface area contributed by atoms with Crippen LogP contribution in [0.1, 0.15) is 90.4 Å². The van der Waals surface area contributed by atoms with Gasteiger partial charge in [0.05, 0.1) is 6.10 Å². The minimum absolute atomic E-state index is 0.0797. The highest BCUT2D eigenvalue weighted by atomic mass is 79.9. The molecule has 3 heteroatoms. The summed E-state index contributed by atoms with van der Waals surface area (Å²) in [5.74, 6) is 0.0797. The van der Waals surface area contributed by atoms with Gasteiger partial charge in [0.25, 0.3) is 0 Å². The molecule has 23 heavy (non-hydrogen) atoms. The molecule has 2 radical (unpaired) electrons. The zero-order chi connectivity index (χ0) is 16.8. The number of halogens is 1. The standard InChI is InChI=1S/C20H35BrO2/c1-2-12-20(21)18(17-22)13-8-5-3-4-6-11-16-23-19-14-9-7-10-15-19/h7,18-20H,2-6,8-16H2,1H3. The Morgan fingerprint density at radius 3 is 2.39 bits per heavy atom. The van der Waals surface area contributed by atoms with Crippen molar-refractivity contribution in [1.82, 2.24) is 0 Å². The van der Waals surface area contributed by atoms with Crippen LogP contribution in [0.25, 0.3) is 0 Å². The maximum Gasteiger partial charge on any atom is 0.202 e. The maximum absolute atomic E-state index is 11.0. The zero-order valence-corrected chi connectivity index (χ0v) is 16.5. The molecule has 1 saturated carbocycles. The van der Waals surface area contributed by atoms with Gasteiger partial charge in [-0.05, 0) is 51.4 Å². The molecular weight excluding hydrogens is 352 g/mol. The lowest BCUT2D eigenvalue weighted by molar-refractivity contribution is 0.0326. The number of ether oxygens (including phenoxy) is 1. The van der Waals surface area contributed by atoms with E-state index in [2.05, 4.69) is 35.6 Å². The van der Waals surface area contributed by atoms with E-state index in [0.29, 0.717) is 10.9 Å². The predicted octanol–water partition coefficient (Wildman–Crippen LogP) is 6.17. The van der Waals surface area contributed by atoms with Gasteiger partial charge in [-0.25, -0.2) is 0 Å². The lowest BCUT2D eigenvalue weighted by Gasteiger charge is -2.21. The summed E-state index contributed by atoms with van der Waals surface area (Å²) < 4.78 is 5.94.